The summed E-state index contributed by atoms with van der Waals surface area (Å²) in [6.45, 7) is 0.757. The molecule has 0 fully saturated rings. The number of amides is 1. The van der Waals surface area contributed by atoms with E-state index in [1.807, 2.05) is 0 Å². The fourth-order valence-electron chi connectivity index (χ4n) is 1.47. The molecule has 1 rings (SSSR count). The van der Waals surface area contributed by atoms with E-state index in [4.69, 9.17) is 9.84 Å². The molecule has 0 saturated carbocycles. The molecule has 0 spiro atoms. The van der Waals surface area contributed by atoms with Crippen molar-refractivity contribution in [3.63, 3.8) is 0 Å². The Kier molecular flexibility index (Phi) is 5.52. The summed E-state index contributed by atoms with van der Waals surface area (Å²) in [6.07, 6.45) is 0.0261. The van der Waals surface area contributed by atoms with Crippen LogP contribution in [-0.4, -0.2) is 41.3 Å². The molecule has 0 aliphatic heterocycles. The standard InChI is InChI=1S/C13H16BrNO5/c1-13(19,12(17)18)7-15-11(16)6-8-5-9(14)3-4-10(8)20-2/h3-5,19H,6-7H2,1-2H3,(H,15,16)(H,17,18). The lowest BCUT2D eigenvalue weighted by Crippen LogP contribution is -2.46. The van der Waals surface area contributed by atoms with Gasteiger partial charge in [0.05, 0.1) is 20.1 Å². The van der Waals surface area contributed by atoms with Crippen LogP contribution in [0.15, 0.2) is 22.7 Å². The molecule has 0 saturated heterocycles. The van der Waals surface area contributed by atoms with Gasteiger partial charge in [-0.15, -0.1) is 0 Å². The molecule has 0 heterocycles. The Balaban J connectivity index is 2.68. The van der Waals surface area contributed by atoms with Gasteiger partial charge < -0.3 is 20.3 Å². The zero-order chi connectivity index (χ0) is 15.3. The summed E-state index contributed by atoms with van der Waals surface area (Å²) in [5.41, 5.74) is -1.33. The molecule has 6 nitrogen and oxygen atoms in total. The van der Waals surface area contributed by atoms with E-state index in [0.29, 0.717) is 11.3 Å². The summed E-state index contributed by atoms with van der Waals surface area (Å²) >= 11 is 3.30. The minimum Gasteiger partial charge on any atom is -0.496 e. The van der Waals surface area contributed by atoms with Crippen LogP contribution in [0, 0.1) is 0 Å². The Bertz CT molecular complexity index is 515. The van der Waals surface area contributed by atoms with Crippen molar-refractivity contribution < 1.29 is 24.5 Å². The van der Waals surface area contributed by atoms with Crippen LogP contribution in [0.3, 0.4) is 0 Å². The molecular formula is C13H16BrNO5. The predicted molar refractivity (Wildman–Crippen MR) is 75.7 cm³/mol. The third-order valence-corrected chi connectivity index (χ3v) is 3.18. The molecule has 7 heteroatoms. The van der Waals surface area contributed by atoms with Crippen LogP contribution in [0.25, 0.3) is 0 Å². The maximum Gasteiger partial charge on any atom is 0.337 e. The van der Waals surface area contributed by atoms with E-state index < -0.39 is 17.5 Å². The van der Waals surface area contributed by atoms with Gasteiger partial charge in [-0.05, 0) is 25.1 Å². The summed E-state index contributed by atoms with van der Waals surface area (Å²) in [4.78, 5) is 22.5. The average Bonchev–Trinajstić information content (AvgIpc) is 2.36. The highest BCUT2D eigenvalue weighted by atomic mass is 79.9. The van der Waals surface area contributed by atoms with Crippen LogP contribution in [0.1, 0.15) is 12.5 Å². The summed E-state index contributed by atoms with van der Waals surface area (Å²) in [7, 11) is 1.50. The molecule has 1 amide bonds. The van der Waals surface area contributed by atoms with Crippen molar-refractivity contribution in [1.29, 1.82) is 0 Å². The molecule has 0 aromatic heterocycles. The third-order valence-electron chi connectivity index (χ3n) is 2.68. The fraction of sp³-hybridized carbons (Fsp3) is 0.385. The number of hydrogen-bond donors (Lipinski definition) is 3. The normalized spacial score (nSPS) is 13.4. The zero-order valence-electron chi connectivity index (χ0n) is 11.1. The van der Waals surface area contributed by atoms with E-state index >= 15 is 0 Å². The average molecular weight is 346 g/mol. The number of carbonyl (C=O) groups is 2. The van der Waals surface area contributed by atoms with Gasteiger partial charge in [0, 0.05) is 10.0 Å². The topological polar surface area (TPSA) is 95.9 Å². The third kappa shape index (κ3) is 4.50. The number of methoxy groups -OCH3 is 1. The number of benzene rings is 1. The lowest BCUT2D eigenvalue weighted by Gasteiger charge is -2.18. The summed E-state index contributed by atoms with van der Waals surface area (Å²) in [5.74, 6) is -1.23. The molecule has 20 heavy (non-hydrogen) atoms. The minimum atomic E-state index is -1.99. The van der Waals surface area contributed by atoms with Gasteiger partial charge in [0.2, 0.25) is 5.91 Å². The largest absolute Gasteiger partial charge is 0.496 e. The van der Waals surface area contributed by atoms with Crippen molar-refractivity contribution in [3.8, 4) is 5.75 Å². The van der Waals surface area contributed by atoms with Crippen molar-refractivity contribution in [1.82, 2.24) is 5.32 Å². The lowest BCUT2D eigenvalue weighted by molar-refractivity contribution is -0.156. The SMILES string of the molecule is COc1ccc(Br)cc1CC(=O)NCC(C)(O)C(=O)O. The number of carboxylic acids is 1. The number of carboxylic acid groups (broad SMARTS) is 1. The van der Waals surface area contributed by atoms with E-state index in [2.05, 4.69) is 21.2 Å². The fourth-order valence-corrected chi connectivity index (χ4v) is 1.88. The molecule has 0 aliphatic carbocycles. The number of nitrogens with one attached hydrogen (secondary N) is 1. The van der Waals surface area contributed by atoms with Crippen LogP contribution in [-0.2, 0) is 16.0 Å². The predicted octanol–water partition coefficient (Wildman–Crippen LogP) is 0.952. The first-order valence-electron chi connectivity index (χ1n) is 5.81. The van der Waals surface area contributed by atoms with E-state index in [1.54, 1.807) is 18.2 Å². The number of hydrogen-bond acceptors (Lipinski definition) is 4. The van der Waals surface area contributed by atoms with Gasteiger partial charge in [0.15, 0.2) is 5.60 Å². The Labute approximate surface area is 124 Å². The van der Waals surface area contributed by atoms with Crippen LogP contribution in [0.5, 0.6) is 5.75 Å². The number of ether oxygens (including phenoxy) is 1. The van der Waals surface area contributed by atoms with Crippen molar-refractivity contribution in [2.24, 2.45) is 0 Å². The first-order valence-corrected chi connectivity index (χ1v) is 6.60. The second-order valence-electron chi connectivity index (χ2n) is 4.49. The Morgan fingerprint density at radius 1 is 1.45 bits per heavy atom. The molecule has 1 unspecified atom stereocenters. The van der Waals surface area contributed by atoms with Crippen molar-refractivity contribution in [3.05, 3.63) is 28.2 Å². The number of halogens is 1. The second kappa shape index (κ2) is 6.71. The van der Waals surface area contributed by atoms with Gasteiger partial charge >= 0.3 is 5.97 Å². The van der Waals surface area contributed by atoms with E-state index in [9.17, 15) is 14.7 Å². The molecule has 1 atom stereocenters. The molecular weight excluding hydrogens is 330 g/mol. The van der Waals surface area contributed by atoms with E-state index in [1.165, 1.54) is 7.11 Å². The maximum absolute atomic E-state index is 11.8. The van der Waals surface area contributed by atoms with Gasteiger partial charge in [-0.1, -0.05) is 15.9 Å². The van der Waals surface area contributed by atoms with Crippen LogP contribution in [0.4, 0.5) is 0 Å². The van der Waals surface area contributed by atoms with Gasteiger partial charge in [0.1, 0.15) is 5.75 Å². The molecule has 0 aliphatic rings. The number of aliphatic carboxylic acids is 1. The number of carbonyl (C=O) groups excluding carboxylic acids is 1. The van der Waals surface area contributed by atoms with E-state index in [-0.39, 0.29) is 13.0 Å². The first kappa shape index (κ1) is 16.5. The Morgan fingerprint density at radius 2 is 2.10 bits per heavy atom. The molecule has 110 valence electrons. The molecule has 3 N–H and O–H groups in total. The quantitative estimate of drug-likeness (QED) is 0.713. The number of aliphatic hydroxyl groups is 1. The van der Waals surface area contributed by atoms with Crippen molar-refractivity contribution in [2.75, 3.05) is 13.7 Å². The zero-order valence-corrected chi connectivity index (χ0v) is 12.7. The monoisotopic (exact) mass is 345 g/mol. The Morgan fingerprint density at radius 3 is 2.65 bits per heavy atom. The molecule has 0 bridgehead atoms. The van der Waals surface area contributed by atoms with Gasteiger partial charge in [-0.25, -0.2) is 4.79 Å². The van der Waals surface area contributed by atoms with Gasteiger partial charge in [-0.3, -0.25) is 4.79 Å². The maximum atomic E-state index is 11.8. The van der Waals surface area contributed by atoms with Crippen LogP contribution < -0.4 is 10.1 Å². The van der Waals surface area contributed by atoms with Crippen LogP contribution in [0.2, 0.25) is 0 Å². The molecule has 1 aromatic carbocycles. The summed E-state index contributed by atoms with van der Waals surface area (Å²) < 4.78 is 5.94. The van der Waals surface area contributed by atoms with Gasteiger partial charge in [-0.2, -0.15) is 0 Å². The highest BCUT2D eigenvalue weighted by Crippen LogP contribution is 2.23. The minimum absolute atomic E-state index is 0.0261. The summed E-state index contributed by atoms with van der Waals surface area (Å²) in [6, 6.07) is 5.25. The molecule has 1 aromatic rings. The van der Waals surface area contributed by atoms with E-state index in [0.717, 1.165) is 11.4 Å². The molecule has 0 radical (unpaired) electrons. The van der Waals surface area contributed by atoms with Gasteiger partial charge in [0.25, 0.3) is 0 Å². The highest BCUT2D eigenvalue weighted by molar-refractivity contribution is 9.10. The lowest BCUT2D eigenvalue weighted by atomic mass is 10.1. The van der Waals surface area contributed by atoms with Crippen molar-refractivity contribution >= 4 is 27.8 Å². The highest BCUT2D eigenvalue weighted by Gasteiger charge is 2.30. The van der Waals surface area contributed by atoms with Crippen LogP contribution >= 0.6 is 15.9 Å². The number of rotatable bonds is 6. The second-order valence-corrected chi connectivity index (χ2v) is 5.40. The smallest absolute Gasteiger partial charge is 0.337 e. The van der Waals surface area contributed by atoms with Crippen molar-refractivity contribution in [2.45, 2.75) is 18.9 Å². The first-order chi connectivity index (χ1) is 9.26. The Hall–Kier alpha value is -1.60. The summed E-state index contributed by atoms with van der Waals surface area (Å²) in [5, 5.41) is 20.6.